The maximum absolute atomic E-state index is 11.6. The highest BCUT2D eigenvalue weighted by atomic mass is 32.2. The van der Waals surface area contributed by atoms with Crippen LogP contribution in [0.2, 0.25) is 0 Å². The zero-order chi connectivity index (χ0) is 11.5. The van der Waals surface area contributed by atoms with Gasteiger partial charge in [-0.2, -0.15) is 0 Å². The van der Waals surface area contributed by atoms with E-state index in [2.05, 4.69) is 19.0 Å². The summed E-state index contributed by atoms with van der Waals surface area (Å²) in [4.78, 5) is 2.18. The lowest BCUT2D eigenvalue weighted by molar-refractivity contribution is 0.225. The molecule has 5 heteroatoms. The summed E-state index contributed by atoms with van der Waals surface area (Å²) in [7, 11) is 1.18. The maximum atomic E-state index is 11.6. The average Bonchev–Trinajstić information content (AvgIpc) is 2.18. The van der Waals surface area contributed by atoms with E-state index in [0.717, 1.165) is 19.4 Å². The second-order valence-electron chi connectivity index (χ2n) is 4.51. The number of sulfonamides is 1. The van der Waals surface area contributed by atoms with Crippen LogP contribution in [0.25, 0.3) is 0 Å². The number of hydrogen-bond donors (Lipinski definition) is 0. The van der Waals surface area contributed by atoms with Crippen molar-refractivity contribution in [2.45, 2.75) is 19.8 Å². The first-order valence-electron chi connectivity index (χ1n) is 5.58. The van der Waals surface area contributed by atoms with Gasteiger partial charge in [0, 0.05) is 19.6 Å². The molecule has 1 fully saturated rings. The van der Waals surface area contributed by atoms with Gasteiger partial charge in [-0.25, -0.2) is 12.7 Å². The monoisotopic (exact) mass is 234 g/mol. The van der Waals surface area contributed by atoms with E-state index in [1.165, 1.54) is 0 Å². The van der Waals surface area contributed by atoms with Crippen molar-refractivity contribution in [3.8, 4) is 0 Å². The highest BCUT2D eigenvalue weighted by molar-refractivity contribution is 7.89. The molecule has 0 radical (unpaired) electrons. The summed E-state index contributed by atoms with van der Waals surface area (Å²) in [5.74, 6) is 0.883. The summed E-state index contributed by atoms with van der Waals surface area (Å²) in [6.45, 7) is 4.19. The smallest absolute Gasteiger partial charge is 0.213 e. The standard InChI is InChI=1S/C10H22N2O2S/c1-4-15(13,14)12-7-5-10(6-8-12)9-11(2)3/h10H,4-9H2,1-3H3. The fraction of sp³-hybridized carbons (Fsp3) is 1.00. The first-order chi connectivity index (χ1) is 6.95. The number of nitrogens with zero attached hydrogens (tertiary/aromatic N) is 2. The van der Waals surface area contributed by atoms with Gasteiger partial charge in [-0.15, -0.1) is 0 Å². The first kappa shape index (κ1) is 12.9. The quantitative estimate of drug-likeness (QED) is 0.715. The highest BCUT2D eigenvalue weighted by Gasteiger charge is 2.26. The van der Waals surface area contributed by atoms with E-state index >= 15 is 0 Å². The molecule has 15 heavy (non-hydrogen) atoms. The fourth-order valence-corrected chi connectivity index (χ4v) is 3.20. The van der Waals surface area contributed by atoms with Gasteiger partial charge in [-0.05, 0) is 39.8 Å². The average molecular weight is 234 g/mol. The van der Waals surface area contributed by atoms with Crippen LogP contribution >= 0.6 is 0 Å². The van der Waals surface area contributed by atoms with E-state index < -0.39 is 10.0 Å². The van der Waals surface area contributed by atoms with Crippen molar-refractivity contribution in [3.63, 3.8) is 0 Å². The summed E-state index contributed by atoms with van der Waals surface area (Å²) in [5, 5.41) is 0. The second-order valence-corrected chi connectivity index (χ2v) is 6.76. The van der Waals surface area contributed by atoms with Gasteiger partial charge in [-0.1, -0.05) is 0 Å². The Kier molecular flexibility index (Phi) is 4.55. The molecule has 90 valence electrons. The Morgan fingerprint density at radius 2 is 1.80 bits per heavy atom. The molecule has 0 bridgehead atoms. The molecule has 0 spiro atoms. The second kappa shape index (κ2) is 5.27. The zero-order valence-electron chi connectivity index (χ0n) is 9.94. The maximum Gasteiger partial charge on any atom is 0.213 e. The van der Waals surface area contributed by atoms with E-state index in [0.29, 0.717) is 19.0 Å². The van der Waals surface area contributed by atoms with Gasteiger partial charge >= 0.3 is 0 Å². The highest BCUT2D eigenvalue weighted by Crippen LogP contribution is 2.20. The van der Waals surface area contributed by atoms with E-state index in [-0.39, 0.29) is 5.75 Å². The largest absolute Gasteiger partial charge is 0.309 e. The predicted octanol–water partition coefficient (Wildman–Crippen LogP) is 0.610. The summed E-state index contributed by atoms with van der Waals surface area (Å²) < 4.78 is 24.8. The zero-order valence-corrected chi connectivity index (χ0v) is 10.8. The number of piperidine rings is 1. The Labute approximate surface area is 93.3 Å². The van der Waals surface area contributed by atoms with E-state index in [1.54, 1.807) is 11.2 Å². The van der Waals surface area contributed by atoms with Gasteiger partial charge < -0.3 is 4.90 Å². The minimum absolute atomic E-state index is 0.228. The minimum Gasteiger partial charge on any atom is -0.309 e. The molecular weight excluding hydrogens is 212 g/mol. The first-order valence-corrected chi connectivity index (χ1v) is 7.19. The van der Waals surface area contributed by atoms with Crippen molar-refractivity contribution >= 4 is 10.0 Å². The van der Waals surface area contributed by atoms with Gasteiger partial charge in [0.1, 0.15) is 0 Å². The summed E-state index contributed by atoms with van der Waals surface area (Å²) in [6.07, 6.45) is 1.99. The van der Waals surface area contributed by atoms with Crippen LogP contribution in [0.4, 0.5) is 0 Å². The predicted molar refractivity (Wildman–Crippen MR) is 62.3 cm³/mol. The molecule has 1 heterocycles. The molecule has 0 atom stereocenters. The third-order valence-corrected chi connectivity index (χ3v) is 4.84. The van der Waals surface area contributed by atoms with Gasteiger partial charge in [0.15, 0.2) is 0 Å². The Morgan fingerprint density at radius 1 is 1.27 bits per heavy atom. The van der Waals surface area contributed by atoms with Crippen LogP contribution in [0.1, 0.15) is 19.8 Å². The Morgan fingerprint density at radius 3 is 2.20 bits per heavy atom. The van der Waals surface area contributed by atoms with Crippen LogP contribution in [-0.2, 0) is 10.0 Å². The lowest BCUT2D eigenvalue weighted by Gasteiger charge is -2.32. The molecule has 0 aromatic carbocycles. The third-order valence-electron chi connectivity index (χ3n) is 2.96. The minimum atomic E-state index is -2.95. The van der Waals surface area contributed by atoms with Crippen LogP contribution in [0, 0.1) is 5.92 Å². The Bertz CT molecular complexity index is 280. The van der Waals surface area contributed by atoms with Crippen molar-refractivity contribution in [2.75, 3.05) is 39.5 Å². The molecule has 0 amide bonds. The van der Waals surface area contributed by atoms with Crippen LogP contribution in [0.5, 0.6) is 0 Å². The van der Waals surface area contributed by atoms with Crippen LogP contribution in [-0.4, -0.2) is 57.1 Å². The molecule has 1 saturated heterocycles. The summed E-state index contributed by atoms with van der Waals surface area (Å²) in [5.41, 5.74) is 0. The van der Waals surface area contributed by atoms with Crippen molar-refractivity contribution in [1.82, 2.24) is 9.21 Å². The van der Waals surface area contributed by atoms with Crippen LogP contribution < -0.4 is 0 Å². The van der Waals surface area contributed by atoms with E-state index in [1.807, 2.05) is 0 Å². The van der Waals surface area contributed by atoms with E-state index in [4.69, 9.17) is 0 Å². The fourth-order valence-electron chi connectivity index (χ4n) is 2.07. The van der Waals surface area contributed by atoms with Gasteiger partial charge in [-0.3, -0.25) is 0 Å². The third kappa shape index (κ3) is 3.74. The van der Waals surface area contributed by atoms with Crippen molar-refractivity contribution < 1.29 is 8.42 Å². The number of hydrogen-bond acceptors (Lipinski definition) is 3. The Hall–Kier alpha value is -0.130. The lowest BCUT2D eigenvalue weighted by atomic mass is 9.98. The molecule has 0 saturated carbocycles. The van der Waals surface area contributed by atoms with Gasteiger partial charge in [0.25, 0.3) is 0 Å². The van der Waals surface area contributed by atoms with Crippen LogP contribution in [0.3, 0.4) is 0 Å². The molecule has 0 aromatic rings. The molecule has 0 aliphatic carbocycles. The number of rotatable bonds is 4. The van der Waals surface area contributed by atoms with Crippen molar-refractivity contribution in [3.05, 3.63) is 0 Å². The molecule has 1 aliphatic heterocycles. The SMILES string of the molecule is CCS(=O)(=O)N1CCC(CN(C)C)CC1. The molecule has 4 nitrogen and oxygen atoms in total. The molecule has 0 N–H and O–H groups in total. The van der Waals surface area contributed by atoms with E-state index in [9.17, 15) is 8.42 Å². The van der Waals surface area contributed by atoms with Gasteiger partial charge in [0.2, 0.25) is 10.0 Å². The lowest BCUT2D eigenvalue weighted by Crippen LogP contribution is -2.41. The van der Waals surface area contributed by atoms with Gasteiger partial charge in [0.05, 0.1) is 5.75 Å². The Balaban J connectivity index is 2.43. The normalized spacial score (nSPS) is 21.1. The van der Waals surface area contributed by atoms with Crippen molar-refractivity contribution in [2.24, 2.45) is 5.92 Å². The summed E-state index contributed by atoms with van der Waals surface area (Å²) >= 11 is 0. The molecule has 0 aromatic heterocycles. The summed E-state index contributed by atoms with van der Waals surface area (Å²) in [6, 6.07) is 0. The van der Waals surface area contributed by atoms with Crippen LogP contribution in [0.15, 0.2) is 0 Å². The molecular formula is C10H22N2O2S. The molecule has 1 rings (SSSR count). The van der Waals surface area contributed by atoms with Crippen molar-refractivity contribution in [1.29, 1.82) is 0 Å². The topological polar surface area (TPSA) is 40.6 Å². The molecule has 0 unspecified atom stereocenters. The molecule has 1 aliphatic rings.